The van der Waals surface area contributed by atoms with Crippen LogP contribution in [0.15, 0.2) is 48.7 Å². The fourth-order valence-electron chi connectivity index (χ4n) is 1.88. The van der Waals surface area contributed by atoms with E-state index in [9.17, 15) is 4.79 Å². The van der Waals surface area contributed by atoms with E-state index in [0.29, 0.717) is 17.2 Å². The maximum atomic E-state index is 11.7. The average molecular weight is 268 g/mol. The molecule has 0 unspecified atom stereocenters. The molecule has 20 heavy (non-hydrogen) atoms. The zero-order valence-electron chi connectivity index (χ0n) is 10.8. The van der Waals surface area contributed by atoms with Gasteiger partial charge < -0.3 is 10.1 Å². The second-order valence-electron chi connectivity index (χ2n) is 4.11. The van der Waals surface area contributed by atoms with E-state index in [-0.39, 0.29) is 0 Å². The second kappa shape index (κ2) is 5.00. The van der Waals surface area contributed by atoms with Crippen LogP contribution in [0.1, 0.15) is 10.4 Å². The Labute approximate surface area is 115 Å². The molecule has 0 bridgehead atoms. The van der Waals surface area contributed by atoms with Crippen molar-refractivity contribution in [1.82, 2.24) is 14.6 Å². The van der Waals surface area contributed by atoms with E-state index in [2.05, 4.69) is 15.4 Å². The zero-order valence-corrected chi connectivity index (χ0v) is 10.8. The number of para-hydroxylation sites is 1. The average Bonchev–Trinajstić information content (AvgIpc) is 2.89. The topological polar surface area (TPSA) is 68.5 Å². The summed E-state index contributed by atoms with van der Waals surface area (Å²) in [7, 11) is 1.34. The number of pyridine rings is 1. The summed E-state index contributed by atoms with van der Waals surface area (Å²) in [5, 5.41) is 7.35. The van der Waals surface area contributed by atoms with Crippen molar-refractivity contribution in [3.05, 3.63) is 54.2 Å². The van der Waals surface area contributed by atoms with Crippen molar-refractivity contribution >= 4 is 23.3 Å². The van der Waals surface area contributed by atoms with Gasteiger partial charge in [-0.25, -0.2) is 9.31 Å². The quantitative estimate of drug-likeness (QED) is 0.738. The lowest BCUT2D eigenvalue weighted by molar-refractivity contribution is 0.0602. The van der Waals surface area contributed by atoms with Gasteiger partial charge in [0, 0.05) is 11.9 Å². The van der Waals surface area contributed by atoms with Crippen LogP contribution in [0, 0.1) is 0 Å². The van der Waals surface area contributed by atoms with Crippen LogP contribution in [-0.2, 0) is 4.74 Å². The standard InChI is InChI=1S/C14H12N4O2/c1-20-13(19)11-8-5-9-18-12(11)16-14(17-18)15-10-6-3-2-4-7-10/h2-9H,1H3,(H,15,17). The first-order valence-electron chi connectivity index (χ1n) is 6.04. The molecule has 0 aliphatic rings. The van der Waals surface area contributed by atoms with Gasteiger partial charge in [-0.05, 0) is 24.3 Å². The molecule has 100 valence electrons. The molecule has 0 atom stereocenters. The normalized spacial score (nSPS) is 10.4. The highest BCUT2D eigenvalue weighted by molar-refractivity contribution is 5.95. The van der Waals surface area contributed by atoms with Gasteiger partial charge in [-0.15, -0.1) is 5.10 Å². The number of esters is 1. The van der Waals surface area contributed by atoms with E-state index in [1.807, 2.05) is 30.3 Å². The Balaban J connectivity index is 2.00. The van der Waals surface area contributed by atoms with Gasteiger partial charge in [-0.2, -0.15) is 4.98 Å². The third-order valence-electron chi connectivity index (χ3n) is 2.80. The number of aromatic nitrogens is 3. The van der Waals surface area contributed by atoms with E-state index >= 15 is 0 Å². The molecule has 2 aromatic heterocycles. The monoisotopic (exact) mass is 268 g/mol. The molecule has 0 spiro atoms. The van der Waals surface area contributed by atoms with Crippen molar-refractivity contribution < 1.29 is 9.53 Å². The summed E-state index contributed by atoms with van der Waals surface area (Å²) in [5.74, 6) is -0.0122. The van der Waals surface area contributed by atoms with Crippen LogP contribution in [0.5, 0.6) is 0 Å². The Morgan fingerprint density at radius 2 is 2.00 bits per heavy atom. The number of carbonyl (C=O) groups is 1. The first-order chi connectivity index (χ1) is 9.78. The number of hydrogen-bond acceptors (Lipinski definition) is 5. The van der Waals surface area contributed by atoms with Crippen LogP contribution in [0.3, 0.4) is 0 Å². The van der Waals surface area contributed by atoms with Gasteiger partial charge in [-0.1, -0.05) is 18.2 Å². The van der Waals surface area contributed by atoms with Crippen LogP contribution < -0.4 is 5.32 Å². The maximum Gasteiger partial charge on any atom is 0.341 e. The highest BCUT2D eigenvalue weighted by Crippen LogP contribution is 2.16. The minimum atomic E-state index is -0.436. The van der Waals surface area contributed by atoms with E-state index in [4.69, 9.17) is 4.74 Å². The summed E-state index contributed by atoms with van der Waals surface area (Å²) in [6, 6.07) is 13.0. The molecule has 0 saturated carbocycles. The minimum Gasteiger partial charge on any atom is -0.465 e. The highest BCUT2D eigenvalue weighted by Gasteiger charge is 2.14. The molecule has 3 rings (SSSR count). The summed E-state index contributed by atoms with van der Waals surface area (Å²) in [6.07, 6.45) is 1.73. The third-order valence-corrected chi connectivity index (χ3v) is 2.80. The lowest BCUT2D eigenvalue weighted by Crippen LogP contribution is -2.04. The van der Waals surface area contributed by atoms with Crippen molar-refractivity contribution in [2.45, 2.75) is 0 Å². The molecule has 3 aromatic rings. The number of methoxy groups -OCH3 is 1. The predicted octanol–water partition coefficient (Wildman–Crippen LogP) is 2.26. The number of carbonyl (C=O) groups excluding carboxylic acids is 1. The van der Waals surface area contributed by atoms with Crippen LogP contribution in [0.2, 0.25) is 0 Å². The van der Waals surface area contributed by atoms with Crippen LogP contribution in [-0.4, -0.2) is 27.7 Å². The Morgan fingerprint density at radius 3 is 2.75 bits per heavy atom. The Hall–Kier alpha value is -2.89. The Bertz CT molecular complexity index is 752. The van der Waals surface area contributed by atoms with Crippen molar-refractivity contribution in [1.29, 1.82) is 0 Å². The van der Waals surface area contributed by atoms with Crippen LogP contribution >= 0.6 is 0 Å². The molecule has 0 amide bonds. The molecule has 0 radical (unpaired) electrons. The Kier molecular flexibility index (Phi) is 3.04. The first-order valence-corrected chi connectivity index (χ1v) is 6.04. The lowest BCUT2D eigenvalue weighted by atomic mass is 10.3. The smallest absolute Gasteiger partial charge is 0.341 e. The van der Waals surface area contributed by atoms with E-state index in [0.717, 1.165) is 5.69 Å². The molecule has 0 aliphatic carbocycles. The van der Waals surface area contributed by atoms with Crippen molar-refractivity contribution in [3.8, 4) is 0 Å². The number of anilines is 2. The molecular formula is C14H12N4O2. The van der Waals surface area contributed by atoms with Gasteiger partial charge in [0.1, 0.15) is 5.56 Å². The maximum absolute atomic E-state index is 11.7. The second-order valence-corrected chi connectivity index (χ2v) is 4.11. The molecule has 6 nitrogen and oxygen atoms in total. The number of nitrogens with one attached hydrogen (secondary N) is 1. The molecular weight excluding hydrogens is 256 g/mol. The molecule has 2 heterocycles. The van der Waals surface area contributed by atoms with Crippen LogP contribution in [0.4, 0.5) is 11.6 Å². The number of hydrogen-bond donors (Lipinski definition) is 1. The third kappa shape index (κ3) is 2.18. The summed E-state index contributed by atoms with van der Waals surface area (Å²) in [4.78, 5) is 16.0. The summed E-state index contributed by atoms with van der Waals surface area (Å²) < 4.78 is 6.27. The molecule has 6 heteroatoms. The van der Waals surface area contributed by atoms with Gasteiger partial charge in [-0.3, -0.25) is 0 Å². The summed E-state index contributed by atoms with van der Waals surface area (Å²) in [6.45, 7) is 0. The van der Waals surface area contributed by atoms with Gasteiger partial charge in [0.2, 0.25) is 5.95 Å². The molecule has 0 aliphatic heterocycles. The van der Waals surface area contributed by atoms with Crippen LogP contribution in [0.25, 0.3) is 5.65 Å². The van der Waals surface area contributed by atoms with Crippen molar-refractivity contribution in [3.63, 3.8) is 0 Å². The highest BCUT2D eigenvalue weighted by atomic mass is 16.5. The zero-order chi connectivity index (χ0) is 13.9. The van der Waals surface area contributed by atoms with E-state index in [1.54, 1.807) is 18.3 Å². The lowest BCUT2D eigenvalue weighted by Gasteiger charge is -1.99. The molecule has 0 saturated heterocycles. The van der Waals surface area contributed by atoms with Gasteiger partial charge in [0.05, 0.1) is 7.11 Å². The number of fused-ring (bicyclic) bond motifs is 1. The summed E-state index contributed by atoms with van der Waals surface area (Å²) >= 11 is 0. The Morgan fingerprint density at radius 1 is 1.20 bits per heavy atom. The molecule has 1 N–H and O–H groups in total. The summed E-state index contributed by atoms with van der Waals surface area (Å²) in [5.41, 5.74) is 1.71. The van der Waals surface area contributed by atoms with Crippen molar-refractivity contribution in [2.24, 2.45) is 0 Å². The number of rotatable bonds is 3. The largest absolute Gasteiger partial charge is 0.465 e. The van der Waals surface area contributed by atoms with Gasteiger partial charge in [0.25, 0.3) is 0 Å². The SMILES string of the molecule is COC(=O)c1cccn2nc(Nc3ccccc3)nc12. The predicted molar refractivity (Wildman–Crippen MR) is 74.1 cm³/mol. The number of nitrogens with zero attached hydrogens (tertiary/aromatic N) is 3. The number of ether oxygens (including phenoxy) is 1. The number of benzene rings is 1. The molecule has 1 aromatic carbocycles. The first kappa shape index (κ1) is 12.2. The van der Waals surface area contributed by atoms with E-state index < -0.39 is 5.97 Å². The fourth-order valence-corrected chi connectivity index (χ4v) is 1.88. The minimum absolute atomic E-state index is 0.378. The fraction of sp³-hybridized carbons (Fsp3) is 0.0714. The molecule has 0 fully saturated rings. The van der Waals surface area contributed by atoms with Gasteiger partial charge in [0.15, 0.2) is 5.65 Å². The van der Waals surface area contributed by atoms with Crippen molar-refractivity contribution in [2.75, 3.05) is 12.4 Å². The van der Waals surface area contributed by atoms with E-state index in [1.165, 1.54) is 11.6 Å². The van der Waals surface area contributed by atoms with Gasteiger partial charge >= 0.3 is 5.97 Å².